The van der Waals surface area contributed by atoms with E-state index in [1.165, 1.54) is 0 Å². The van der Waals surface area contributed by atoms with E-state index in [0.29, 0.717) is 25.1 Å². The first-order chi connectivity index (χ1) is 8.96. The SMILES string of the molecule is Cc1nc(Cl)sc1S(=O)(=O)N1CCCC1CCCO. The molecule has 1 N–H and O–H groups in total. The Kier molecular flexibility index (Phi) is 4.84. The summed E-state index contributed by atoms with van der Waals surface area (Å²) in [7, 11) is -3.50. The van der Waals surface area contributed by atoms with E-state index < -0.39 is 10.0 Å². The number of halogens is 1. The Morgan fingerprint density at radius 3 is 2.89 bits per heavy atom. The van der Waals surface area contributed by atoms with Crippen LogP contribution in [-0.4, -0.2) is 42.0 Å². The number of nitrogens with zero attached hydrogens (tertiary/aromatic N) is 2. The molecule has 0 saturated carbocycles. The molecule has 108 valence electrons. The summed E-state index contributed by atoms with van der Waals surface area (Å²) >= 11 is 6.80. The van der Waals surface area contributed by atoms with Crippen molar-refractivity contribution in [3.63, 3.8) is 0 Å². The molecule has 1 atom stereocenters. The van der Waals surface area contributed by atoms with Crippen molar-refractivity contribution in [1.82, 2.24) is 9.29 Å². The minimum atomic E-state index is -3.50. The summed E-state index contributed by atoms with van der Waals surface area (Å²) in [6.45, 7) is 2.29. The van der Waals surface area contributed by atoms with Crippen molar-refractivity contribution in [2.45, 2.75) is 42.9 Å². The number of aliphatic hydroxyl groups excluding tert-OH is 1. The van der Waals surface area contributed by atoms with Crippen molar-refractivity contribution >= 4 is 33.0 Å². The van der Waals surface area contributed by atoms with E-state index in [0.717, 1.165) is 24.2 Å². The van der Waals surface area contributed by atoms with E-state index in [4.69, 9.17) is 16.7 Å². The summed E-state index contributed by atoms with van der Waals surface area (Å²) in [4.78, 5) is 3.97. The van der Waals surface area contributed by atoms with Crippen molar-refractivity contribution in [2.24, 2.45) is 0 Å². The maximum atomic E-state index is 12.6. The molecule has 1 aromatic rings. The Labute approximate surface area is 122 Å². The molecule has 5 nitrogen and oxygen atoms in total. The van der Waals surface area contributed by atoms with Gasteiger partial charge in [-0.3, -0.25) is 0 Å². The molecule has 0 bridgehead atoms. The Morgan fingerprint density at radius 2 is 2.32 bits per heavy atom. The van der Waals surface area contributed by atoms with Crippen LogP contribution in [0.2, 0.25) is 4.47 Å². The molecular weight excluding hydrogens is 308 g/mol. The molecule has 2 heterocycles. The lowest BCUT2D eigenvalue weighted by molar-refractivity contribution is 0.264. The molecule has 2 rings (SSSR count). The number of sulfonamides is 1. The second-order valence-corrected chi connectivity index (χ2v) is 8.28. The number of rotatable bonds is 5. The molecule has 1 saturated heterocycles. The van der Waals surface area contributed by atoms with Crippen molar-refractivity contribution in [3.8, 4) is 0 Å². The summed E-state index contributed by atoms with van der Waals surface area (Å²) in [5.41, 5.74) is 0.461. The minimum Gasteiger partial charge on any atom is -0.396 e. The van der Waals surface area contributed by atoms with Gasteiger partial charge in [0.15, 0.2) is 8.68 Å². The molecule has 1 fully saturated rings. The highest BCUT2D eigenvalue weighted by atomic mass is 35.5. The molecule has 8 heteroatoms. The fourth-order valence-corrected chi connectivity index (χ4v) is 6.01. The van der Waals surface area contributed by atoms with Crippen LogP contribution < -0.4 is 0 Å². The Hall–Kier alpha value is -0.210. The predicted octanol–water partition coefficient (Wildman–Crippen LogP) is 2.03. The third-order valence-corrected chi connectivity index (χ3v) is 7.09. The average Bonchev–Trinajstić information content (AvgIpc) is 2.93. The van der Waals surface area contributed by atoms with E-state index in [-0.39, 0.29) is 21.3 Å². The maximum Gasteiger partial charge on any atom is 0.254 e. The summed E-state index contributed by atoms with van der Waals surface area (Å²) < 4.78 is 27.3. The normalized spacial score (nSPS) is 21.1. The van der Waals surface area contributed by atoms with E-state index in [2.05, 4.69) is 4.98 Å². The third-order valence-electron chi connectivity index (χ3n) is 3.29. The highest BCUT2D eigenvalue weighted by Crippen LogP contribution is 2.34. The number of aromatic nitrogens is 1. The van der Waals surface area contributed by atoms with Crippen molar-refractivity contribution in [2.75, 3.05) is 13.2 Å². The predicted molar refractivity (Wildman–Crippen MR) is 75.1 cm³/mol. The first kappa shape index (κ1) is 15.2. The molecule has 0 spiro atoms. The summed E-state index contributed by atoms with van der Waals surface area (Å²) in [5, 5.41) is 8.89. The van der Waals surface area contributed by atoms with Gasteiger partial charge >= 0.3 is 0 Å². The lowest BCUT2D eigenvalue weighted by Gasteiger charge is -2.23. The number of aliphatic hydroxyl groups is 1. The molecule has 0 aliphatic carbocycles. The maximum absolute atomic E-state index is 12.6. The van der Waals surface area contributed by atoms with Gasteiger partial charge < -0.3 is 5.11 Å². The highest BCUT2D eigenvalue weighted by molar-refractivity contribution is 7.91. The fraction of sp³-hybridized carbons (Fsp3) is 0.727. The van der Waals surface area contributed by atoms with Crippen molar-refractivity contribution < 1.29 is 13.5 Å². The Morgan fingerprint density at radius 1 is 1.58 bits per heavy atom. The largest absolute Gasteiger partial charge is 0.396 e. The molecule has 1 aliphatic rings. The Balaban J connectivity index is 2.26. The third kappa shape index (κ3) is 3.11. The van der Waals surface area contributed by atoms with Crippen molar-refractivity contribution in [1.29, 1.82) is 0 Å². The lowest BCUT2D eigenvalue weighted by Crippen LogP contribution is -2.35. The van der Waals surface area contributed by atoms with Gasteiger partial charge in [-0.15, -0.1) is 0 Å². The quantitative estimate of drug-likeness (QED) is 0.899. The Bertz CT molecular complexity index is 544. The number of hydrogen-bond donors (Lipinski definition) is 1. The van der Waals surface area contributed by atoms with Crippen LogP contribution in [0, 0.1) is 6.92 Å². The van der Waals surface area contributed by atoms with Gasteiger partial charge in [0, 0.05) is 19.2 Å². The standard InChI is InChI=1S/C11H17ClN2O3S2/c1-8-10(18-11(12)13-8)19(16,17)14-6-2-4-9(14)5-3-7-15/h9,15H,2-7H2,1H3. The molecule has 1 unspecified atom stereocenters. The number of hydrogen-bond acceptors (Lipinski definition) is 5. The summed E-state index contributed by atoms with van der Waals surface area (Å²) in [6, 6.07) is -0.0163. The molecular formula is C11H17ClN2O3S2. The molecule has 0 amide bonds. The van der Waals surface area contributed by atoms with Crippen LogP contribution >= 0.6 is 22.9 Å². The number of aryl methyl sites for hydroxylation is 1. The zero-order chi connectivity index (χ0) is 14.0. The average molecular weight is 325 g/mol. The molecule has 0 radical (unpaired) electrons. The van der Waals surface area contributed by atoms with Crippen LogP contribution in [0.15, 0.2) is 4.21 Å². The molecule has 1 aromatic heterocycles. The van der Waals surface area contributed by atoms with Crippen LogP contribution in [0.4, 0.5) is 0 Å². The van der Waals surface area contributed by atoms with Gasteiger partial charge in [0.2, 0.25) is 0 Å². The van der Waals surface area contributed by atoms with Gasteiger partial charge in [-0.2, -0.15) is 4.31 Å². The van der Waals surface area contributed by atoms with E-state index >= 15 is 0 Å². The zero-order valence-corrected chi connectivity index (χ0v) is 13.1. The molecule has 19 heavy (non-hydrogen) atoms. The zero-order valence-electron chi connectivity index (χ0n) is 10.7. The van der Waals surface area contributed by atoms with Gasteiger partial charge in [0.1, 0.15) is 0 Å². The summed E-state index contributed by atoms with van der Waals surface area (Å²) in [6.07, 6.45) is 3.03. The smallest absolute Gasteiger partial charge is 0.254 e. The van der Waals surface area contributed by atoms with Crippen LogP contribution in [0.3, 0.4) is 0 Å². The topological polar surface area (TPSA) is 70.5 Å². The van der Waals surface area contributed by atoms with Gasteiger partial charge in [-0.05, 0) is 32.6 Å². The number of thiazole rings is 1. The van der Waals surface area contributed by atoms with Crippen LogP contribution in [-0.2, 0) is 10.0 Å². The van der Waals surface area contributed by atoms with E-state index in [1.54, 1.807) is 11.2 Å². The van der Waals surface area contributed by atoms with Gasteiger partial charge in [0.05, 0.1) is 5.69 Å². The molecule has 0 aromatic carbocycles. The van der Waals surface area contributed by atoms with E-state index in [1.807, 2.05) is 0 Å². The molecule has 1 aliphatic heterocycles. The lowest BCUT2D eigenvalue weighted by atomic mass is 10.1. The second kappa shape index (κ2) is 6.05. The van der Waals surface area contributed by atoms with Crippen LogP contribution in [0.1, 0.15) is 31.4 Å². The van der Waals surface area contributed by atoms with Crippen molar-refractivity contribution in [3.05, 3.63) is 10.2 Å². The van der Waals surface area contributed by atoms with Crippen LogP contribution in [0.25, 0.3) is 0 Å². The van der Waals surface area contributed by atoms with Gasteiger partial charge in [-0.25, -0.2) is 13.4 Å². The van der Waals surface area contributed by atoms with Gasteiger partial charge in [0.25, 0.3) is 10.0 Å². The summed E-state index contributed by atoms with van der Waals surface area (Å²) in [5.74, 6) is 0. The second-order valence-electron chi connectivity index (χ2n) is 4.62. The monoisotopic (exact) mass is 324 g/mol. The van der Waals surface area contributed by atoms with Gasteiger partial charge in [-0.1, -0.05) is 22.9 Å². The van der Waals surface area contributed by atoms with Crippen LogP contribution in [0.5, 0.6) is 0 Å². The van der Waals surface area contributed by atoms with E-state index in [9.17, 15) is 8.42 Å². The first-order valence-corrected chi connectivity index (χ1v) is 8.86. The first-order valence-electron chi connectivity index (χ1n) is 6.22. The minimum absolute atomic E-state index is 0.0163. The fourth-order valence-electron chi connectivity index (χ4n) is 2.44. The highest BCUT2D eigenvalue weighted by Gasteiger charge is 2.37.